The number of fused-ring (bicyclic) bond motifs is 1. The van der Waals surface area contributed by atoms with E-state index in [2.05, 4.69) is 20.5 Å². The van der Waals surface area contributed by atoms with Gasteiger partial charge >= 0.3 is 5.91 Å². The van der Waals surface area contributed by atoms with Crippen molar-refractivity contribution in [2.45, 2.75) is 43.9 Å². The van der Waals surface area contributed by atoms with Crippen LogP contribution in [-0.2, 0) is 4.74 Å². The lowest BCUT2D eigenvalue weighted by molar-refractivity contribution is -0.0836. The Hall–Kier alpha value is -3.50. The van der Waals surface area contributed by atoms with Gasteiger partial charge in [0, 0.05) is 40.3 Å². The number of hydrogen-bond acceptors (Lipinski definition) is 6. The van der Waals surface area contributed by atoms with Gasteiger partial charge in [0.15, 0.2) is 5.82 Å². The smallest absolute Gasteiger partial charge is 0.335 e. The molecular formula is C25H21F3N4O3. The first-order chi connectivity index (χ1) is 17.0. The molecule has 0 bridgehead atoms. The van der Waals surface area contributed by atoms with E-state index in [1.54, 1.807) is 12.1 Å². The van der Waals surface area contributed by atoms with Crippen LogP contribution in [0.15, 0.2) is 47.9 Å². The van der Waals surface area contributed by atoms with Gasteiger partial charge in [-0.2, -0.15) is 0 Å². The number of amides is 1. The topological polar surface area (TPSA) is 93.5 Å². The van der Waals surface area contributed by atoms with Crippen LogP contribution in [0.5, 0.6) is 0 Å². The highest BCUT2D eigenvalue weighted by atomic mass is 19.1. The van der Waals surface area contributed by atoms with Gasteiger partial charge in [-0.15, -0.1) is 4.91 Å². The maximum Gasteiger partial charge on any atom is 0.335 e. The maximum atomic E-state index is 16.3. The first-order valence-corrected chi connectivity index (χ1v) is 11.3. The Morgan fingerprint density at radius 2 is 1.86 bits per heavy atom. The van der Waals surface area contributed by atoms with Gasteiger partial charge in [0.25, 0.3) is 0 Å². The number of benzene rings is 1. The number of carbonyl (C=O) groups is 1. The first-order valence-electron chi connectivity index (χ1n) is 11.3. The van der Waals surface area contributed by atoms with E-state index in [9.17, 15) is 18.5 Å². The van der Waals surface area contributed by atoms with Gasteiger partial charge < -0.3 is 10.1 Å². The first kappa shape index (κ1) is 23.3. The number of nitrogens with zero attached hydrogens (tertiary/aromatic N) is 3. The maximum absolute atomic E-state index is 16.3. The number of halogens is 3. The SMILES string of the molecule is O=NC(=O)c1nc(-c2c(F)cccc2F)c(F)c(C2CCC3NCCCC3O2)c1-c1cccnc1. The second kappa shape index (κ2) is 9.63. The zero-order valence-electron chi connectivity index (χ0n) is 18.5. The molecule has 2 aromatic heterocycles. The standard InChI is InChI=1S/C25H21F3N4O3/c26-14-5-1-6-15(27)20(14)23-22(28)21(18-9-8-16-17(35-18)7-3-11-30-16)19(13-4-2-10-29-12-13)24(31-23)25(33)32-34/h1-2,4-6,10,12,16-18,30H,3,7-9,11H2. The van der Waals surface area contributed by atoms with Crippen molar-refractivity contribution in [1.82, 2.24) is 15.3 Å². The third kappa shape index (κ3) is 4.23. The van der Waals surface area contributed by atoms with Crippen molar-refractivity contribution in [3.05, 3.63) is 76.3 Å². The molecule has 10 heteroatoms. The molecule has 4 heterocycles. The summed E-state index contributed by atoms with van der Waals surface area (Å²) in [6.45, 7) is 0.861. The van der Waals surface area contributed by atoms with E-state index in [1.165, 1.54) is 12.4 Å². The van der Waals surface area contributed by atoms with Gasteiger partial charge in [-0.1, -0.05) is 12.1 Å². The molecule has 2 aliphatic rings. The van der Waals surface area contributed by atoms with E-state index in [0.717, 1.165) is 37.6 Å². The third-order valence-corrected chi connectivity index (χ3v) is 6.53. The Balaban J connectivity index is 1.78. The predicted octanol–water partition coefficient (Wildman–Crippen LogP) is 5.11. The quantitative estimate of drug-likeness (QED) is 0.520. The molecule has 2 aliphatic heterocycles. The van der Waals surface area contributed by atoms with Gasteiger partial charge in [-0.25, -0.2) is 18.2 Å². The Labute approximate surface area is 198 Å². The summed E-state index contributed by atoms with van der Waals surface area (Å²) in [5.41, 5.74) is -1.79. The van der Waals surface area contributed by atoms with Crippen LogP contribution in [0.4, 0.5) is 13.2 Å². The summed E-state index contributed by atoms with van der Waals surface area (Å²) in [7, 11) is 0. The molecular weight excluding hydrogens is 461 g/mol. The molecule has 35 heavy (non-hydrogen) atoms. The van der Waals surface area contributed by atoms with Crippen LogP contribution < -0.4 is 5.32 Å². The van der Waals surface area contributed by atoms with Crippen LogP contribution in [0.25, 0.3) is 22.4 Å². The Morgan fingerprint density at radius 1 is 1.06 bits per heavy atom. The zero-order chi connectivity index (χ0) is 24.5. The van der Waals surface area contributed by atoms with E-state index >= 15 is 4.39 Å². The molecule has 2 saturated heterocycles. The van der Waals surface area contributed by atoms with E-state index in [0.29, 0.717) is 18.4 Å². The van der Waals surface area contributed by atoms with E-state index in [1.807, 2.05) is 0 Å². The number of pyridine rings is 2. The summed E-state index contributed by atoms with van der Waals surface area (Å²) in [6.07, 6.45) is 4.52. The Morgan fingerprint density at radius 3 is 2.57 bits per heavy atom. The number of carbonyl (C=O) groups excluding carboxylic acids is 1. The molecule has 1 aromatic carbocycles. The molecule has 7 nitrogen and oxygen atoms in total. The summed E-state index contributed by atoms with van der Waals surface area (Å²) >= 11 is 0. The monoisotopic (exact) mass is 482 g/mol. The molecule has 0 spiro atoms. The van der Waals surface area contributed by atoms with Crippen LogP contribution in [0.3, 0.4) is 0 Å². The lowest BCUT2D eigenvalue weighted by atomic mass is 9.86. The normalized spacial score (nSPS) is 21.9. The lowest BCUT2D eigenvalue weighted by Crippen LogP contribution is -2.49. The molecule has 180 valence electrons. The molecule has 3 unspecified atom stereocenters. The summed E-state index contributed by atoms with van der Waals surface area (Å²) in [5, 5.41) is 5.87. The van der Waals surface area contributed by atoms with Gasteiger partial charge in [0.1, 0.15) is 23.0 Å². The number of ether oxygens (including phenoxy) is 1. The molecule has 0 radical (unpaired) electrons. The summed E-state index contributed by atoms with van der Waals surface area (Å²) in [6, 6.07) is 6.31. The van der Waals surface area contributed by atoms with Crippen LogP contribution in [0.1, 0.15) is 47.8 Å². The van der Waals surface area contributed by atoms with Crippen LogP contribution in [0, 0.1) is 22.4 Å². The van der Waals surface area contributed by atoms with Crippen LogP contribution in [0.2, 0.25) is 0 Å². The molecule has 3 atom stereocenters. The minimum Gasteiger partial charge on any atom is -0.369 e. The summed E-state index contributed by atoms with van der Waals surface area (Å²) < 4.78 is 51.9. The molecule has 1 amide bonds. The fourth-order valence-electron chi connectivity index (χ4n) is 4.97. The number of nitrogens with one attached hydrogen (secondary N) is 1. The number of rotatable bonds is 4. The highest BCUT2D eigenvalue weighted by Gasteiger charge is 2.38. The molecule has 2 fully saturated rings. The van der Waals surface area contributed by atoms with Gasteiger partial charge in [-0.05, 0) is 50.4 Å². The number of hydrogen-bond donors (Lipinski definition) is 1. The van der Waals surface area contributed by atoms with Gasteiger partial charge in [0.05, 0.1) is 17.8 Å². The van der Waals surface area contributed by atoms with Crippen molar-refractivity contribution in [3.8, 4) is 22.4 Å². The van der Waals surface area contributed by atoms with E-state index in [4.69, 9.17) is 4.74 Å². The lowest BCUT2D eigenvalue weighted by Gasteiger charge is -2.40. The fraction of sp³-hybridized carbons (Fsp3) is 0.320. The van der Waals surface area contributed by atoms with E-state index in [-0.39, 0.29) is 23.3 Å². The largest absolute Gasteiger partial charge is 0.369 e. The molecule has 0 saturated carbocycles. The minimum absolute atomic E-state index is 0.0204. The van der Waals surface area contributed by atoms with Gasteiger partial charge in [-0.3, -0.25) is 9.78 Å². The predicted molar refractivity (Wildman–Crippen MR) is 121 cm³/mol. The second-order valence-corrected chi connectivity index (χ2v) is 8.59. The Kier molecular flexibility index (Phi) is 6.40. The number of piperidine rings is 1. The zero-order valence-corrected chi connectivity index (χ0v) is 18.5. The van der Waals surface area contributed by atoms with Crippen molar-refractivity contribution in [1.29, 1.82) is 0 Å². The van der Waals surface area contributed by atoms with Crippen molar-refractivity contribution < 1.29 is 22.7 Å². The molecule has 0 aliphatic carbocycles. The fourth-order valence-corrected chi connectivity index (χ4v) is 4.97. The summed E-state index contributed by atoms with van der Waals surface area (Å²) in [5.74, 6) is -4.44. The molecule has 1 N–H and O–H groups in total. The van der Waals surface area contributed by atoms with Gasteiger partial charge in [0.2, 0.25) is 0 Å². The van der Waals surface area contributed by atoms with Crippen molar-refractivity contribution >= 4 is 5.91 Å². The molecule has 5 rings (SSSR count). The van der Waals surface area contributed by atoms with Crippen molar-refractivity contribution in [2.75, 3.05) is 6.54 Å². The second-order valence-electron chi connectivity index (χ2n) is 8.59. The molecule has 3 aromatic rings. The highest BCUT2D eigenvalue weighted by molar-refractivity contribution is 6.01. The average molecular weight is 482 g/mol. The van der Waals surface area contributed by atoms with Crippen LogP contribution in [-0.4, -0.2) is 34.6 Å². The highest BCUT2D eigenvalue weighted by Crippen LogP contribution is 2.44. The minimum atomic E-state index is -1.30. The van der Waals surface area contributed by atoms with Crippen LogP contribution >= 0.6 is 0 Å². The Bertz CT molecular complexity index is 1270. The summed E-state index contributed by atoms with van der Waals surface area (Å²) in [4.78, 5) is 31.9. The van der Waals surface area contributed by atoms with Crippen molar-refractivity contribution in [2.24, 2.45) is 5.18 Å². The number of aromatic nitrogens is 2. The average Bonchev–Trinajstić information content (AvgIpc) is 2.89. The van der Waals surface area contributed by atoms with E-state index < -0.39 is 46.4 Å². The third-order valence-electron chi connectivity index (χ3n) is 6.53. The number of nitroso groups, excluding NO2 is 1. The van der Waals surface area contributed by atoms with Crippen molar-refractivity contribution in [3.63, 3.8) is 0 Å².